The van der Waals surface area contributed by atoms with Gasteiger partial charge in [-0.05, 0) is 55.9 Å². The van der Waals surface area contributed by atoms with Gasteiger partial charge in [0.25, 0.3) is 0 Å². The van der Waals surface area contributed by atoms with Gasteiger partial charge in [0.1, 0.15) is 5.82 Å². The number of hydrogen-bond donors (Lipinski definition) is 0. The number of aryl methyl sites for hydroxylation is 1. The van der Waals surface area contributed by atoms with Crippen molar-refractivity contribution in [1.29, 1.82) is 0 Å². The summed E-state index contributed by atoms with van der Waals surface area (Å²) in [5.74, 6) is 0.796. The maximum atomic E-state index is 13.0. The van der Waals surface area contributed by atoms with Crippen LogP contribution in [-0.4, -0.2) is 5.78 Å². The van der Waals surface area contributed by atoms with E-state index in [4.69, 9.17) is 0 Å². The highest BCUT2D eigenvalue weighted by Crippen LogP contribution is 2.35. The second-order valence-corrected chi connectivity index (χ2v) is 5.11. The molecule has 2 atom stereocenters. The second kappa shape index (κ2) is 4.99. The van der Waals surface area contributed by atoms with Crippen molar-refractivity contribution in [2.75, 3.05) is 0 Å². The van der Waals surface area contributed by atoms with E-state index in [-0.39, 0.29) is 17.5 Å². The minimum atomic E-state index is -0.267. The van der Waals surface area contributed by atoms with Gasteiger partial charge in [-0.25, -0.2) is 4.39 Å². The molecule has 2 heteroatoms. The largest absolute Gasteiger partial charge is 0.294 e. The van der Waals surface area contributed by atoms with Crippen LogP contribution in [0, 0.1) is 24.6 Å². The van der Waals surface area contributed by atoms with Gasteiger partial charge in [-0.3, -0.25) is 4.79 Å². The molecule has 1 aliphatic rings. The number of carbonyl (C=O) groups excluding carboxylic acids is 1. The molecule has 2 unspecified atom stereocenters. The quantitative estimate of drug-likeness (QED) is 0.718. The lowest BCUT2D eigenvalue weighted by Gasteiger charge is -2.11. The third-order valence-corrected chi connectivity index (χ3v) is 3.94. The van der Waals surface area contributed by atoms with Gasteiger partial charge in [-0.1, -0.05) is 13.3 Å². The molecule has 2 rings (SSSR count). The lowest BCUT2D eigenvalue weighted by Crippen LogP contribution is -2.13. The fourth-order valence-electron chi connectivity index (χ4n) is 2.81. The average Bonchev–Trinajstić information content (AvgIpc) is 2.76. The van der Waals surface area contributed by atoms with Gasteiger partial charge in [-0.15, -0.1) is 0 Å². The molecule has 1 aliphatic carbocycles. The van der Waals surface area contributed by atoms with E-state index in [0.717, 1.165) is 31.2 Å². The third-order valence-electron chi connectivity index (χ3n) is 3.94. The number of halogens is 1. The van der Waals surface area contributed by atoms with Crippen molar-refractivity contribution < 1.29 is 9.18 Å². The van der Waals surface area contributed by atoms with Crippen molar-refractivity contribution in [2.45, 2.75) is 39.5 Å². The SMILES string of the molecule is CCC1CCC(C(=O)c2ccc(F)cc2C)C1. The first-order valence-electron chi connectivity index (χ1n) is 6.42. The van der Waals surface area contributed by atoms with Gasteiger partial charge in [0.15, 0.2) is 5.78 Å². The highest BCUT2D eigenvalue weighted by molar-refractivity contribution is 5.99. The van der Waals surface area contributed by atoms with Gasteiger partial charge in [-0.2, -0.15) is 0 Å². The first-order chi connectivity index (χ1) is 8.11. The fraction of sp³-hybridized carbons (Fsp3) is 0.533. The van der Waals surface area contributed by atoms with Crippen molar-refractivity contribution in [3.63, 3.8) is 0 Å². The molecule has 1 fully saturated rings. The zero-order valence-corrected chi connectivity index (χ0v) is 10.5. The molecular formula is C15H19FO. The molecule has 1 aromatic carbocycles. The minimum Gasteiger partial charge on any atom is -0.294 e. The Balaban J connectivity index is 2.15. The topological polar surface area (TPSA) is 17.1 Å². The highest BCUT2D eigenvalue weighted by Gasteiger charge is 2.29. The molecule has 0 spiro atoms. The molecule has 92 valence electrons. The molecule has 0 aromatic heterocycles. The summed E-state index contributed by atoms with van der Waals surface area (Å²) in [6.45, 7) is 3.99. The summed E-state index contributed by atoms with van der Waals surface area (Å²) in [6, 6.07) is 4.46. The number of ketones is 1. The molecule has 17 heavy (non-hydrogen) atoms. The monoisotopic (exact) mass is 234 g/mol. The minimum absolute atomic E-state index is 0.157. The first-order valence-corrected chi connectivity index (χ1v) is 6.42. The summed E-state index contributed by atoms with van der Waals surface area (Å²) in [6.07, 6.45) is 4.32. The number of hydrogen-bond acceptors (Lipinski definition) is 1. The predicted octanol–water partition coefficient (Wildman–Crippen LogP) is 4.14. The normalized spacial score (nSPS) is 23.9. The molecule has 0 N–H and O–H groups in total. The summed E-state index contributed by atoms with van der Waals surface area (Å²) in [7, 11) is 0. The number of Topliss-reactive ketones (excluding diaryl/α,β-unsaturated/α-hetero) is 1. The van der Waals surface area contributed by atoms with Gasteiger partial charge in [0.2, 0.25) is 0 Å². The summed E-state index contributed by atoms with van der Waals surface area (Å²) in [5.41, 5.74) is 1.46. The van der Waals surface area contributed by atoms with Crippen LogP contribution in [0.15, 0.2) is 18.2 Å². The van der Waals surface area contributed by atoms with Crippen LogP contribution in [0.3, 0.4) is 0 Å². The lowest BCUT2D eigenvalue weighted by molar-refractivity contribution is 0.0919. The summed E-state index contributed by atoms with van der Waals surface area (Å²) < 4.78 is 13.0. The molecule has 0 amide bonds. The van der Waals surface area contributed by atoms with E-state index in [1.165, 1.54) is 12.1 Å². The third kappa shape index (κ3) is 2.56. The lowest BCUT2D eigenvalue weighted by atomic mass is 9.92. The van der Waals surface area contributed by atoms with E-state index in [1.807, 2.05) is 6.92 Å². The fourth-order valence-corrected chi connectivity index (χ4v) is 2.81. The van der Waals surface area contributed by atoms with E-state index >= 15 is 0 Å². The van der Waals surface area contributed by atoms with Gasteiger partial charge in [0.05, 0.1) is 0 Å². The summed E-state index contributed by atoms with van der Waals surface area (Å²) in [4.78, 5) is 12.3. The second-order valence-electron chi connectivity index (χ2n) is 5.11. The molecule has 1 aromatic rings. The molecule has 1 saturated carbocycles. The van der Waals surface area contributed by atoms with E-state index in [1.54, 1.807) is 6.07 Å². The van der Waals surface area contributed by atoms with Gasteiger partial charge >= 0.3 is 0 Å². The molecule has 0 radical (unpaired) electrons. The van der Waals surface area contributed by atoms with Crippen LogP contribution in [0.25, 0.3) is 0 Å². The molecule has 0 saturated heterocycles. The van der Waals surface area contributed by atoms with Crippen molar-refractivity contribution in [2.24, 2.45) is 11.8 Å². The smallest absolute Gasteiger partial charge is 0.166 e. The van der Waals surface area contributed by atoms with Crippen LogP contribution in [0.4, 0.5) is 4.39 Å². The molecular weight excluding hydrogens is 215 g/mol. The zero-order valence-electron chi connectivity index (χ0n) is 10.5. The Morgan fingerprint density at radius 1 is 1.41 bits per heavy atom. The van der Waals surface area contributed by atoms with E-state index < -0.39 is 0 Å². The van der Waals surface area contributed by atoms with E-state index in [2.05, 4.69) is 6.92 Å². The van der Waals surface area contributed by atoms with Crippen LogP contribution < -0.4 is 0 Å². The Bertz CT molecular complexity index is 425. The number of carbonyl (C=O) groups is 1. The molecule has 0 bridgehead atoms. The van der Waals surface area contributed by atoms with Crippen LogP contribution in [0.2, 0.25) is 0 Å². The standard InChI is InChI=1S/C15H19FO/c1-3-11-4-5-12(9-11)15(17)14-7-6-13(16)8-10(14)2/h6-8,11-12H,3-5,9H2,1-2H3. The van der Waals surface area contributed by atoms with Crippen molar-refractivity contribution in [3.05, 3.63) is 35.1 Å². The van der Waals surface area contributed by atoms with Crippen LogP contribution in [0.1, 0.15) is 48.5 Å². The predicted molar refractivity (Wildman–Crippen MR) is 66.6 cm³/mol. The number of rotatable bonds is 3. The number of benzene rings is 1. The van der Waals surface area contributed by atoms with Gasteiger partial charge < -0.3 is 0 Å². The van der Waals surface area contributed by atoms with Crippen molar-refractivity contribution in [3.8, 4) is 0 Å². The van der Waals surface area contributed by atoms with E-state index in [0.29, 0.717) is 11.5 Å². The Labute approximate surface area is 102 Å². The maximum absolute atomic E-state index is 13.0. The summed E-state index contributed by atoms with van der Waals surface area (Å²) >= 11 is 0. The molecule has 0 aliphatic heterocycles. The molecule has 1 nitrogen and oxygen atoms in total. The van der Waals surface area contributed by atoms with Crippen molar-refractivity contribution in [1.82, 2.24) is 0 Å². The Kier molecular flexibility index (Phi) is 3.60. The first kappa shape index (κ1) is 12.3. The average molecular weight is 234 g/mol. The van der Waals surface area contributed by atoms with Crippen LogP contribution >= 0.6 is 0 Å². The van der Waals surface area contributed by atoms with Crippen LogP contribution in [-0.2, 0) is 0 Å². The Hall–Kier alpha value is -1.18. The maximum Gasteiger partial charge on any atom is 0.166 e. The molecule has 0 heterocycles. The summed E-state index contributed by atoms with van der Waals surface area (Å²) in [5, 5.41) is 0. The van der Waals surface area contributed by atoms with Crippen molar-refractivity contribution >= 4 is 5.78 Å². The highest BCUT2D eigenvalue weighted by atomic mass is 19.1. The Morgan fingerprint density at radius 3 is 2.76 bits per heavy atom. The Morgan fingerprint density at radius 2 is 2.18 bits per heavy atom. The van der Waals surface area contributed by atoms with Gasteiger partial charge in [0, 0.05) is 11.5 Å². The van der Waals surface area contributed by atoms with E-state index in [9.17, 15) is 9.18 Å². The zero-order chi connectivity index (χ0) is 12.4. The van der Waals surface area contributed by atoms with Crippen LogP contribution in [0.5, 0.6) is 0 Å².